The van der Waals surface area contributed by atoms with E-state index in [1.807, 2.05) is 0 Å². The first-order valence-electron chi connectivity index (χ1n) is 9.31. The summed E-state index contributed by atoms with van der Waals surface area (Å²) in [5.41, 5.74) is -1.25. The Labute approximate surface area is 176 Å². The number of carbonyl (C=O) groups excluding carboxylic acids is 2. The Morgan fingerprint density at radius 1 is 1.29 bits per heavy atom. The zero-order valence-corrected chi connectivity index (χ0v) is 17.2. The van der Waals surface area contributed by atoms with Gasteiger partial charge in [-0.25, -0.2) is 4.79 Å². The molecule has 0 atom stereocenters. The van der Waals surface area contributed by atoms with Crippen molar-refractivity contribution >= 4 is 18.0 Å². The van der Waals surface area contributed by atoms with Gasteiger partial charge in [0, 0.05) is 11.8 Å². The smallest absolute Gasteiger partial charge is 0.432 e. The molecule has 0 bridgehead atoms. The predicted octanol–water partition coefficient (Wildman–Crippen LogP) is 0.426. The summed E-state index contributed by atoms with van der Waals surface area (Å²) < 4.78 is 12.3. The minimum Gasteiger partial charge on any atom is -0.506 e. The second kappa shape index (κ2) is 8.22. The van der Waals surface area contributed by atoms with Gasteiger partial charge in [0.05, 0.1) is 31.1 Å². The molecule has 0 unspecified atom stereocenters. The van der Waals surface area contributed by atoms with Crippen LogP contribution in [0.2, 0.25) is 0 Å². The molecule has 12 heteroatoms. The lowest BCUT2D eigenvalue weighted by molar-refractivity contribution is -0.153. The number of aromatic hydroxyl groups is 1. The van der Waals surface area contributed by atoms with Crippen LogP contribution in [0.5, 0.6) is 5.75 Å². The molecule has 2 aromatic heterocycles. The van der Waals surface area contributed by atoms with Crippen molar-refractivity contribution in [3.63, 3.8) is 0 Å². The summed E-state index contributed by atoms with van der Waals surface area (Å²) in [6.07, 6.45) is -0.0750. The summed E-state index contributed by atoms with van der Waals surface area (Å²) in [5.74, 6) is -2.18. The lowest BCUT2D eigenvalue weighted by atomic mass is 10.1. The van der Waals surface area contributed by atoms with E-state index in [4.69, 9.17) is 14.6 Å². The molecular weight excluding hydrogens is 412 g/mol. The third-order valence-electron chi connectivity index (χ3n) is 4.34. The number of rotatable bonds is 5. The Bertz CT molecular complexity index is 1110. The second-order valence-electron chi connectivity index (χ2n) is 7.84. The van der Waals surface area contributed by atoms with Crippen molar-refractivity contribution in [2.45, 2.75) is 46.1 Å². The normalized spacial score (nSPS) is 13.0. The van der Waals surface area contributed by atoms with E-state index >= 15 is 0 Å². The third kappa shape index (κ3) is 4.74. The van der Waals surface area contributed by atoms with Gasteiger partial charge in [-0.15, -0.1) is 0 Å². The van der Waals surface area contributed by atoms with Crippen LogP contribution in [0.1, 0.15) is 48.1 Å². The van der Waals surface area contributed by atoms with Crippen LogP contribution in [0.3, 0.4) is 0 Å². The van der Waals surface area contributed by atoms with Gasteiger partial charge in [-0.3, -0.25) is 14.4 Å². The molecule has 166 valence electrons. The fraction of sp³-hybridized carbons (Fsp3) is 0.421. The van der Waals surface area contributed by atoms with Gasteiger partial charge in [0.15, 0.2) is 0 Å². The van der Waals surface area contributed by atoms with E-state index in [-0.39, 0.29) is 31.0 Å². The number of nitrogens with one attached hydrogen (secondary N) is 1. The van der Waals surface area contributed by atoms with Crippen LogP contribution in [0, 0.1) is 0 Å². The molecule has 12 nitrogen and oxygen atoms in total. The maximum atomic E-state index is 13.0. The van der Waals surface area contributed by atoms with Crippen LogP contribution in [-0.2, 0) is 34.0 Å². The fourth-order valence-corrected chi connectivity index (χ4v) is 3.08. The Kier molecular flexibility index (Phi) is 5.84. The van der Waals surface area contributed by atoms with Gasteiger partial charge < -0.3 is 29.6 Å². The molecule has 1 aliphatic heterocycles. The van der Waals surface area contributed by atoms with Crippen LogP contribution in [0.15, 0.2) is 17.1 Å². The van der Waals surface area contributed by atoms with Crippen LogP contribution >= 0.6 is 0 Å². The van der Waals surface area contributed by atoms with E-state index in [1.165, 1.54) is 16.8 Å². The van der Waals surface area contributed by atoms with E-state index in [1.54, 1.807) is 20.8 Å². The summed E-state index contributed by atoms with van der Waals surface area (Å²) in [7, 11) is 0. The Hall–Kier alpha value is -3.67. The minimum atomic E-state index is -1.29. The van der Waals surface area contributed by atoms with Gasteiger partial charge in [0.2, 0.25) is 0 Å². The number of fused-ring (bicyclic) bond motifs is 1. The highest BCUT2D eigenvalue weighted by atomic mass is 16.6. The molecule has 0 spiro atoms. The largest absolute Gasteiger partial charge is 0.506 e. The van der Waals surface area contributed by atoms with Gasteiger partial charge in [-0.2, -0.15) is 9.78 Å². The molecule has 3 rings (SSSR count). The average molecular weight is 434 g/mol. The first-order valence-corrected chi connectivity index (χ1v) is 9.31. The lowest BCUT2D eigenvalue weighted by Crippen LogP contribution is -2.39. The van der Waals surface area contributed by atoms with Crippen molar-refractivity contribution in [2.75, 3.05) is 6.54 Å². The van der Waals surface area contributed by atoms with Gasteiger partial charge >= 0.3 is 12.1 Å². The maximum Gasteiger partial charge on any atom is 0.432 e. The molecule has 1 aliphatic rings. The summed E-state index contributed by atoms with van der Waals surface area (Å²) >= 11 is 0. The molecule has 31 heavy (non-hydrogen) atoms. The molecule has 0 aromatic carbocycles. The number of hydrogen-bond acceptors (Lipinski definition) is 8. The summed E-state index contributed by atoms with van der Waals surface area (Å²) in [6.45, 7) is 4.38. The number of pyridine rings is 1. The molecule has 0 aliphatic carbocycles. The summed E-state index contributed by atoms with van der Waals surface area (Å²) in [4.78, 5) is 48.5. The second-order valence-corrected chi connectivity index (χ2v) is 7.84. The van der Waals surface area contributed by atoms with Crippen molar-refractivity contribution in [1.29, 1.82) is 0 Å². The van der Waals surface area contributed by atoms with Crippen LogP contribution < -0.4 is 10.9 Å². The molecular formula is C19H22N4O8. The number of esters is 1. The zero-order chi connectivity index (χ0) is 22.9. The van der Waals surface area contributed by atoms with E-state index in [2.05, 4.69) is 10.4 Å². The molecule has 3 N–H and O–H groups in total. The quantitative estimate of drug-likeness (QED) is 0.566. The summed E-state index contributed by atoms with van der Waals surface area (Å²) in [5, 5.41) is 25.6. The molecule has 0 saturated carbocycles. The lowest BCUT2D eigenvalue weighted by Gasteiger charge is -2.19. The highest BCUT2D eigenvalue weighted by Gasteiger charge is 2.29. The first-order chi connectivity index (χ1) is 14.5. The third-order valence-corrected chi connectivity index (χ3v) is 4.34. The molecule has 0 saturated heterocycles. The minimum absolute atomic E-state index is 0.0165. The number of aromatic nitrogens is 3. The molecule has 0 radical (unpaired) electrons. The fourth-order valence-electron chi connectivity index (χ4n) is 3.08. The highest BCUT2D eigenvalue weighted by molar-refractivity contribution is 5.98. The monoisotopic (exact) mass is 434 g/mol. The van der Waals surface area contributed by atoms with Gasteiger partial charge in [0.25, 0.3) is 11.5 Å². The number of hydrogen-bond donors (Lipinski definition) is 3. The zero-order valence-electron chi connectivity index (χ0n) is 17.2. The van der Waals surface area contributed by atoms with Gasteiger partial charge in [-0.1, -0.05) is 0 Å². The molecule has 3 heterocycles. The Morgan fingerprint density at radius 2 is 2.00 bits per heavy atom. The van der Waals surface area contributed by atoms with Crippen LogP contribution in [0.25, 0.3) is 0 Å². The first kappa shape index (κ1) is 22.0. The van der Waals surface area contributed by atoms with E-state index < -0.39 is 47.0 Å². The predicted molar refractivity (Wildman–Crippen MR) is 104 cm³/mol. The van der Waals surface area contributed by atoms with E-state index in [0.29, 0.717) is 10.4 Å². The molecule has 1 amide bonds. The van der Waals surface area contributed by atoms with Gasteiger partial charge in [-0.05, 0) is 26.8 Å². The SMILES string of the molecule is CC(C)(C)OC(=O)CNC(=O)c1c(O)c2c(n(Cc3ccn(C(=O)O)n3)c1=O)COC2. The van der Waals surface area contributed by atoms with E-state index in [9.17, 15) is 24.3 Å². The van der Waals surface area contributed by atoms with Crippen molar-refractivity contribution in [3.05, 3.63) is 45.1 Å². The highest BCUT2D eigenvalue weighted by Crippen LogP contribution is 2.30. The topological polar surface area (TPSA) is 162 Å². The van der Waals surface area contributed by atoms with Crippen molar-refractivity contribution < 1.29 is 34.1 Å². The van der Waals surface area contributed by atoms with Crippen molar-refractivity contribution in [3.8, 4) is 5.75 Å². The molecule has 2 aromatic rings. The Balaban J connectivity index is 1.91. The number of amides is 1. The number of nitrogens with zero attached hydrogens (tertiary/aromatic N) is 3. The van der Waals surface area contributed by atoms with E-state index in [0.717, 1.165) is 0 Å². The van der Waals surface area contributed by atoms with Crippen LogP contribution in [-0.4, -0.2) is 54.7 Å². The standard InChI is InChI=1S/C19H22N4O8/c1-19(2,3)31-13(24)6-20-16(26)14-15(25)11-8-30-9-12(11)22(17(14)27)7-10-4-5-23(21-10)18(28)29/h4-5,25H,6-9H2,1-3H3,(H,20,26)(H,28,29). The van der Waals surface area contributed by atoms with Crippen molar-refractivity contribution in [1.82, 2.24) is 19.7 Å². The number of carbonyl (C=O) groups is 3. The van der Waals surface area contributed by atoms with Crippen molar-refractivity contribution in [2.24, 2.45) is 0 Å². The maximum absolute atomic E-state index is 13.0. The number of ether oxygens (including phenoxy) is 2. The van der Waals surface area contributed by atoms with Gasteiger partial charge in [0.1, 0.15) is 23.5 Å². The molecule has 0 fully saturated rings. The number of carboxylic acid groups (broad SMARTS) is 1. The summed E-state index contributed by atoms with van der Waals surface area (Å²) in [6, 6.07) is 1.41. The average Bonchev–Trinajstić information content (AvgIpc) is 3.32. The Morgan fingerprint density at radius 3 is 2.61 bits per heavy atom. The van der Waals surface area contributed by atoms with Crippen LogP contribution in [0.4, 0.5) is 4.79 Å².